The molecule has 0 bridgehead atoms. The summed E-state index contributed by atoms with van der Waals surface area (Å²) < 4.78 is 31.6. The lowest BCUT2D eigenvalue weighted by Crippen LogP contribution is -2.15. The van der Waals surface area contributed by atoms with Crippen LogP contribution >= 0.6 is 0 Å². The molecule has 0 aromatic heterocycles. The standard InChI is InChI=1S/C15H32O4S/c1-4-6-8-9-10-11-13-15(12-7-5-2)14-19-20(16,17)18-3/h15H,4-14H2,1-3H3. The molecule has 0 aliphatic rings. The summed E-state index contributed by atoms with van der Waals surface area (Å²) >= 11 is 0. The Morgan fingerprint density at radius 3 is 2.00 bits per heavy atom. The summed E-state index contributed by atoms with van der Waals surface area (Å²) in [5, 5.41) is 0. The number of rotatable bonds is 14. The van der Waals surface area contributed by atoms with Crippen LogP contribution in [0.1, 0.15) is 78.1 Å². The van der Waals surface area contributed by atoms with E-state index < -0.39 is 10.4 Å². The fourth-order valence-corrected chi connectivity index (χ4v) is 2.70. The Bertz CT molecular complexity index is 301. The first-order valence-electron chi connectivity index (χ1n) is 8.00. The summed E-state index contributed by atoms with van der Waals surface area (Å²) in [6.45, 7) is 4.62. The van der Waals surface area contributed by atoms with Crippen molar-refractivity contribution in [3.05, 3.63) is 0 Å². The second kappa shape index (κ2) is 12.6. The average Bonchev–Trinajstić information content (AvgIpc) is 2.44. The number of hydrogen-bond acceptors (Lipinski definition) is 4. The van der Waals surface area contributed by atoms with Gasteiger partial charge in [0, 0.05) is 0 Å². The molecule has 0 saturated heterocycles. The minimum absolute atomic E-state index is 0.255. The predicted molar refractivity (Wildman–Crippen MR) is 82.9 cm³/mol. The minimum atomic E-state index is -3.78. The third kappa shape index (κ3) is 11.7. The maximum Gasteiger partial charge on any atom is 0.399 e. The summed E-state index contributed by atoms with van der Waals surface area (Å²) in [5.41, 5.74) is 0. The molecule has 0 spiro atoms. The molecule has 0 fully saturated rings. The quantitative estimate of drug-likeness (QED) is 0.445. The van der Waals surface area contributed by atoms with Crippen molar-refractivity contribution in [1.29, 1.82) is 0 Å². The van der Waals surface area contributed by atoms with E-state index in [9.17, 15) is 8.42 Å². The van der Waals surface area contributed by atoms with E-state index in [0.29, 0.717) is 5.92 Å². The zero-order valence-electron chi connectivity index (χ0n) is 13.4. The van der Waals surface area contributed by atoms with Crippen LogP contribution in [-0.4, -0.2) is 22.1 Å². The van der Waals surface area contributed by atoms with Crippen LogP contribution in [-0.2, 0) is 18.8 Å². The fourth-order valence-electron chi connectivity index (χ4n) is 2.24. The first kappa shape index (κ1) is 19.9. The van der Waals surface area contributed by atoms with Gasteiger partial charge in [-0.15, -0.1) is 0 Å². The molecule has 20 heavy (non-hydrogen) atoms. The summed E-state index contributed by atoms with van der Waals surface area (Å²) in [7, 11) is -2.65. The van der Waals surface area contributed by atoms with Gasteiger partial charge in [0.25, 0.3) is 0 Å². The van der Waals surface area contributed by atoms with Crippen molar-refractivity contribution in [2.24, 2.45) is 5.92 Å². The van der Waals surface area contributed by atoms with E-state index in [1.54, 1.807) is 0 Å². The Hall–Kier alpha value is -0.130. The molecule has 0 N–H and O–H groups in total. The molecular formula is C15H32O4S. The van der Waals surface area contributed by atoms with Crippen molar-refractivity contribution in [2.75, 3.05) is 13.7 Å². The van der Waals surface area contributed by atoms with Crippen molar-refractivity contribution < 1.29 is 16.8 Å². The van der Waals surface area contributed by atoms with Gasteiger partial charge in [-0.25, -0.2) is 4.18 Å². The molecule has 0 aromatic carbocycles. The second-order valence-corrected chi connectivity index (χ2v) is 6.81. The molecule has 0 saturated carbocycles. The third-order valence-corrected chi connectivity index (χ3v) is 4.42. The van der Waals surface area contributed by atoms with E-state index >= 15 is 0 Å². The van der Waals surface area contributed by atoms with Crippen LogP contribution in [0.3, 0.4) is 0 Å². The summed E-state index contributed by atoms with van der Waals surface area (Å²) in [5.74, 6) is 0.325. The van der Waals surface area contributed by atoms with Crippen molar-refractivity contribution >= 4 is 10.4 Å². The highest BCUT2D eigenvalue weighted by molar-refractivity contribution is 7.81. The Labute approximate surface area is 125 Å². The SMILES string of the molecule is CCCCCCCCC(CCCC)COS(=O)(=O)OC. The lowest BCUT2D eigenvalue weighted by atomic mass is 9.96. The Balaban J connectivity index is 3.90. The van der Waals surface area contributed by atoms with Crippen molar-refractivity contribution in [1.82, 2.24) is 0 Å². The van der Waals surface area contributed by atoms with Gasteiger partial charge in [0.1, 0.15) is 0 Å². The molecule has 0 heterocycles. The molecule has 1 atom stereocenters. The highest BCUT2D eigenvalue weighted by Gasteiger charge is 2.15. The second-order valence-electron chi connectivity index (χ2n) is 5.42. The van der Waals surface area contributed by atoms with Gasteiger partial charge in [0.05, 0.1) is 13.7 Å². The molecule has 0 aromatic rings. The van der Waals surface area contributed by atoms with E-state index in [0.717, 1.165) is 39.2 Å². The van der Waals surface area contributed by atoms with Gasteiger partial charge in [0.2, 0.25) is 0 Å². The highest BCUT2D eigenvalue weighted by Crippen LogP contribution is 2.19. The molecule has 4 nitrogen and oxygen atoms in total. The van der Waals surface area contributed by atoms with Crippen molar-refractivity contribution in [2.45, 2.75) is 78.1 Å². The van der Waals surface area contributed by atoms with Crippen molar-refractivity contribution in [3.63, 3.8) is 0 Å². The highest BCUT2D eigenvalue weighted by atomic mass is 32.3. The van der Waals surface area contributed by atoms with Crippen LogP contribution in [0, 0.1) is 5.92 Å². The van der Waals surface area contributed by atoms with Gasteiger partial charge < -0.3 is 0 Å². The lowest BCUT2D eigenvalue weighted by Gasteiger charge is -2.16. The maximum absolute atomic E-state index is 11.2. The topological polar surface area (TPSA) is 52.6 Å². The first-order valence-corrected chi connectivity index (χ1v) is 9.34. The largest absolute Gasteiger partial charge is 0.399 e. The zero-order chi connectivity index (χ0) is 15.3. The van der Waals surface area contributed by atoms with Gasteiger partial charge >= 0.3 is 10.4 Å². The Morgan fingerprint density at radius 1 is 0.850 bits per heavy atom. The molecule has 0 aliphatic heterocycles. The fraction of sp³-hybridized carbons (Fsp3) is 1.00. The average molecular weight is 308 g/mol. The van der Waals surface area contributed by atoms with Gasteiger partial charge in [-0.3, -0.25) is 4.18 Å². The maximum atomic E-state index is 11.2. The molecule has 1 unspecified atom stereocenters. The predicted octanol–water partition coefficient (Wildman–Crippen LogP) is 4.45. The minimum Gasteiger partial charge on any atom is -0.252 e. The van der Waals surface area contributed by atoms with E-state index in [-0.39, 0.29) is 6.61 Å². The van der Waals surface area contributed by atoms with Crippen molar-refractivity contribution in [3.8, 4) is 0 Å². The van der Waals surface area contributed by atoms with E-state index in [2.05, 4.69) is 18.0 Å². The van der Waals surface area contributed by atoms with Gasteiger partial charge in [-0.1, -0.05) is 65.2 Å². The number of unbranched alkanes of at least 4 members (excludes halogenated alkanes) is 6. The molecule has 122 valence electrons. The first-order chi connectivity index (χ1) is 9.55. The van der Waals surface area contributed by atoms with Crippen LogP contribution in [0.2, 0.25) is 0 Å². The zero-order valence-corrected chi connectivity index (χ0v) is 14.2. The van der Waals surface area contributed by atoms with Crippen LogP contribution < -0.4 is 0 Å². The van der Waals surface area contributed by atoms with E-state index in [4.69, 9.17) is 4.18 Å². The molecule has 0 aliphatic carbocycles. The van der Waals surface area contributed by atoms with Gasteiger partial charge in [-0.05, 0) is 18.8 Å². The molecule has 5 heteroatoms. The van der Waals surface area contributed by atoms with Crippen LogP contribution in [0.15, 0.2) is 0 Å². The smallest absolute Gasteiger partial charge is 0.252 e. The van der Waals surface area contributed by atoms with Gasteiger partial charge in [0.15, 0.2) is 0 Å². The molecular weight excluding hydrogens is 276 g/mol. The van der Waals surface area contributed by atoms with Crippen LogP contribution in [0.5, 0.6) is 0 Å². The van der Waals surface area contributed by atoms with E-state index in [1.807, 2.05) is 0 Å². The normalized spacial score (nSPS) is 13.6. The summed E-state index contributed by atoms with van der Waals surface area (Å²) in [6.07, 6.45) is 11.9. The molecule has 0 radical (unpaired) electrons. The summed E-state index contributed by atoms with van der Waals surface area (Å²) in [4.78, 5) is 0. The Kier molecular flexibility index (Phi) is 12.5. The van der Waals surface area contributed by atoms with Crippen LogP contribution in [0.4, 0.5) is 0 Å². The lowest BCUT2D eigenvalue weighted by molar-refractivity contribution is 0.192. The van der Waals surface area contributed by atoms with Crippen LogP contribution in [0.25, 0.3) is 0 Å². The third-order valence-electron chi connectivity index (χ3n) is 3.58. The monoisotopic (exact) mass is 308 g/mol. The van der Waals surface area contributed by atoms with E-state index in [1.165, 1.54) is 32.1 Å². The summed E-state index contributed by atoms with van der Waals surface area (Å²) in [6, 6.07) is 0. The van der Waals surface area contributed by atoms with Gasteiger partial charge in [-0.2, -0.15) is 8.42 Å². The molecule has 0 rings (SSSR count). The number of hydrogen-bond donors (Lipinski definition) is 0. The molecule has 0 amide bonds. The Morgan fingerprint density at radius 2 is 1.40 bits per heavy atom.